The van der Waals surface area contributed by atoms with Crippen LogP contribution in [0.25, 0.3) is 0 Å². The van der Waals surface area contributed by atoms with Gasteiger partial charge in [0.25, 0.3) is 5.91 Å². The first kappa shape index (κ1) is 16.5. The molecule has 9 nitrogen and oxygen atoms in total. The van der Waals surface area contributed by atoms with Crippen LogP contribution in [0.5, 0.6) is 0 Å². The zero-order valence-corrected chi connectivity index (χ0v) is 14.4. The van der Waals surface area contributed by atoms with Crippen molar-refractivity contribution in [3.63, 3.8) is 0 Å². The minimum Gasteiger partial charge on any atom is -0.453 e. The van der Waals surface area contributed by atoms with E-state index in [2.05, 4.69) is 20.6 Å². The molecule has 3 heterocycles. The summed E-state index contributed by atoms with van der Waals surface area (Å²) in [6, 6.07) is 5.13. The molecule has 0 unspecified atom stereocenters. The predicted octanol–water partition coefficient (Wildman–Crippen LogP) is 0.821. The Bertz CT molecular complexity index is 892. The van der Waals surface area contributed by atoms with Crippen molar-refractivity contribution >= 4 is 5.91 Å². The van der Waals surface area contributed by atoms with Gasteiger partial charge >= 0.3 is 0 Å². The van der Waals surface area contributed by atoms with E-state index < -0.39 is 0 Å². The van der Waals surface area contributed by atoms with Gasteiger partial charge in [-0.25, -0.2) is 0 Å². The molecule has 1 aliphatic rings. The number of nitrogens with one attached hydrogen (secondary N) is 1. The summed E-state index contributed by atoms with van der Waals surface area (Å²) < 4.78 is 9.06. The fourth-order valence-electron chi connectivity index (χ4n) is 3.20. The Kier molecular flexibility index (Phi) is 4.29. The van der Waals surface area contributed by atoms with E-state index in [9.17, 15) is 4.79 Å². The topological polar surface area (TPSA) is 111 Å². The first-order valence-electron chi connectivity index (χ1n) is 8.50. The SMILES string of the molecule is Cn1c(Cn2cccn2)nnc1C1CC(NC(=O)c2ccc(CO)o2)C1. The molecule has 3 aromatic rings. The summed E-state index contributed by atoms with van der Waals surface area (Å²) in [5, 5.41) is 24.7. The minimum atomic E-state index is -0.259. The molecule has 3 aromatic heterocycles. The Balaban J connectivity index is 1.33. The van der Waals surface area contributed by atoms with Gasteiger partial charge in [0.1, 0.15) is 24.7 Å². The summed E-state index contributed by atoms with van der Waals surface area (Å²) >= 11 is 0. The van der Waals surface area contributed by atoms with Crippen LogP contribution in [-0.2, 0) is 20.2 Å². The van der Waals surface area contributed by atoms with Gasteiger partial charge in [0.05, 0.1) is 0 Å². The zero-order chi connectivity index (χ0) is 18.1. The summed E-state index contributed by atoms with van der Waals surface area (Å²) in [6.07, 6.45) is 5.25. The van der Waals surface area contributed by atoms with Crippen molar-refractivity contribution in [2.24, 2.45) is 7.05 Å². The number of amides is 1. The second-order valence-electron chi connectivity index (χ2n) is 6.50. The van der Waals surface area contributed by atoms with E-state index in [4.69, 9.17) is 9.52 Å². The molecule has 0 saturated heterocycles. The fourth-order valence-corrected chi connectivity index (χ4v) is 3.20. The van der Waals surface area contributed by atoms with Crippen LogP contribution >= 0.6 is 0 Å². The van der Waals surface area contributed by atoms with E-state index in [0.29, 0.717) is 12.3 Å². The van der Waals surface area contributed by atoms with E-state index in [0.717, 1.165) is 24.5 Å². The van der Waals surface area contributed by atoms with Crippen LogP contribution in [0.4, 0.5) is 0 Å². The summed E-state index contributed by atoms with van der Waals surface area (Å²) in [5.74, 6) is 2.39. The van der Waals surface area contributed by atoms with Crippen molar-refractivity contribution in [2.45, 2.75) is 38.0 Å². The molecule has 9 heteroatoms. The van der Waals surface area contributed by atoms with Crippen LogP contribution in [0.2, 0.25) is 0 Å². The Morgan fingerprint density at radius 2 is 2.23 bits per heavy atom. The molecular weight excluding hydrogens is 336 g/mol. The number of carbonyl (C=O) groups excluding carboxylic acids is 1. The first-order chi connectivity index (χ1) is 12.6. The van der Waals surface area contributed by atoms with Gasteiger partial charge in [-0.3, -0.25) is 9.48 Å². The molecule has 0 radical (unpaired) electrons. The highest BCUT2D eigenvalue weighted by Gasteiger charge is 2.35. The van der Waals surface area contributed by atoms with Crippen LogP contribution in [-0.4, -0.2) is 41.6 Å². The largest absolute Gasteiger partial charge is 0.453 e. The van der Waals surface area contributed by atoms with E-state index in [1.165, 1.54) is 0 Å². The van der Waals surface area contributed by atoms with E-state index >= 15 is 0 Å². The van der Waals surface area contributed by atoms with Gasteiger partial charge in [-0.05, 0) is 31.0 Å². The molecule has 0 spiro atoms. The Labute approximate surface area is 149 Å². The third-order valence-electron chi connectivity index (χ3n) is 4.74. The normalized spacial score (nSPS) is 19.3. The second kappa shape index (κ2) is 6.75. The number of carbonyl (C=O) groups is 1. The average molecular weight is 356 g/mol. The number of aliphatic hydroxyl groups excluding tert-OH is 1. The Morgan fingerprint density at radius 1 is 1.38 bits per heavy atom. The minimum absolute atomic E-state index is 0.0847. The maximum absolute atomic E-state index is 12.1. The number of rotatable bonds is 6. The maximum atomic E-state index is 12.1. The van der Waals surface area contributed by atoms with Crippen molar-refractivity contribution < 1.29 is 14.3 Å². The lowest BCUT2D eigenvalue weighted by Gasteiger charge is -2.34. The van der Waals surface area contributed by atoms with Crippen molar-refractivity contribution in [3.8, 4) is 0 Å². The third kappa shape index (κ3) is 3.13. The molecule has 0 aliphatic heterocycles. The monoisotopic (exact) mass is 356 g/mol. The predicted molar refractivity (Wildman–Crippen MR) is 90.2 cm³/mol. The lowest BCUT2D eigenvalue weighted by atomic mass is 9.79. The first-order valence-corrected chi connectivity index (χ1v) is 8.50. The highest BCUT2D eigenvalue weighted by molar-refractivity contribution is 5.91. The highest BCUT2D eigenvalue weighted by Crippen LogP contribution is 2.36. The summed E-state index contributed by atoms with van der Waals surface area (Å²) in [5.41, 5.74) is 0. The average Bonchev–Trinajstić information content (AvgIpc) is 3.34. The molecule has 4 rings (SSSR count). The van der Waals surface area contributed by atoms with Gasteiger partial charge < -0.3 is 19.4 Å². The lowest BCUT2D eigenvalue weighted by Crippen LogP contribution is -2.43. The van der Waals surface area contributed by atoms with Crippen molar-refractivity contribution in [1.29, 1.82) is 0 Å². The van der Waals surface area contributed by atoms with E-state index in [1.54, 1.807) is 18.3 Å². The van der Waals surface area contributed by atoms with E-state index in [-0.39, 0.29) is 30.2 Å². The zero-order valence-electron chi connectivity index (χ0n) is 14.4. The van der Waals surface area contributed by atoms with Crippen LogP contribution in [0.1, 0.15) is 46.7 Å². The molecular formula is C17H20N6O3. The standard InChI is InChI=1S/C17H20N6O3/c1-22-15(9-23-6-2-5-18-23)20-21-16(22)11-7-12(8-11)19-17(25)14-4-3-13(10-24)26-14/h2-6,11-12,24H,7-10H2,1H3,(H,19,25). The summed E-state index contributed by atoms with van der Waals surface area (Å²) in [6.45, 7) is 0.362. The van der Waals surface area contributed by atoms with Crippen LogP contribution in [0, 0.1) is 0 Å². The number of hydrogen-bond donors (Lipinski definition) is 2. The molecule has 1 aliphatic carbocycles. The van der Waals surface area contributed by atoms with Crippen LogP contribution < -0.4 is 5.32 Å². The molecule has 26 heavy (non-hydrogen) atoms. The number of furan rings is 1. The van der Waals surface area contributed by atoms with Gasteiger partial charge in [-0.15, -0.1) is 10.2 Å². The Morgan fingerprint density at radius 3 is 2.92 bits per heavy atom. The number of aromatic nitrogens is 5. The molecule has 1 amide bonds. The number of nitrogens with zero attached hydrogens (tertiary/aromatic N) is 5. The lowest BCUT2D eigenvalue weighted by molar-refractivity contribution is 0.0874. The smallest absolute Gasteiger partial charge is 0.287 e. The quantitative estimate of drug-likeness (QED) is 0.676. The fraction of sp³-hybridized carbons (Fsp3) is 0.412. The molecule has 0 aromatic carbocycles. The van der Waals surface area contributed by atoms with Crippen LogP contribution in [0.3, 0.4) is 0 Å². The second-order valence-corrected chi connectivity index (χ2v) is 6.50. The Hall–Kier alpha value is -2.94. The molecule has 2 N–H and O–H groups in total. The van der Waals surface area contributed by atoms with Gasteiger partial charge in [0, 0.05) is 31.4 Å². The van der Waals surface area contributed by atoms with Gasteiger partial charge in [-0.2, -0.15) is 5.10 Å². The van der Waals surface area contributed by atoms with Gasteiger partial charge in [0.2, 0.25) is 0 Å². The third-order valence-corrected chi connectivity index (χ3v) is 4.74. The van der Waals surface area contributed by atoms with Gasteiger partial charge in [0.15, 0.2) is 11.6 Å². The molecule has 0 bridgehead atoms. The maximum Gasteiger partial charge on any atom is 0.287 e. The molecule has 0 atom stereocenters. The van der Waals surface area contributed by atoms with Crippen molar-refractivity contribution in [2.75, 3.05) is 0 Å². The molecule has 136 valence electrons. The van der Waals surface area contributed by atoms with Crippen LogP contribution in [0.15, 0.2) is 35.0 Å². The highest BCUT2D eigenvalue weighted by atomic mass is 16.4. The van der Waals surface area contributed by atoms with Gasteiger partial charge in [-0.1, -0.05) is 0 Å². The van der Waals surface area contributed by atoms with Crippen molar-refractivity contribution in [1.82, 2.24) is 29.9 Å². The van der Waals surface area contributed by atoms with E-state index in [1.807, 2.05) is 28.6 Å². The van der Waals surface area contributed by atoms with Crippen molar-refractivity contribution in [3.05, 3.63) is 53.8 Å². The summed E-state index contributed by atoms with van der Waals surface area (Å²) in [4.78, 5) is 12.1. The number of hydrogen-bond acceptors (Lipinski definition) is 6. The molecule has 1 saturated carbocycles. The number of aliphatic hydroxyl groups is 1. The molecule has 1 fully saturated rings. The summed E-state index contributed by atoms with van der Waals surface area (Å²) in [7, 11) is 1.96.